The number of nitro benzene ring substituents is 1. The Hall–Kier alpha value is -1.33. The average molecular weight is 323 g/mol. The van der Waals surface area contributed by atoms with Crippen LogP contribution < -0.4 is 0 Å². The van der Waals surface area contributed by atoms with E-state index in [0.29, 0.717) is 5.56 Å². The monoisotopic (exact) mass is 322 g/mol. The van der Waals surface area contributed by atoms with Gasteiger partial charge in [0.15, 0.2) is 0 Å². The fourth-order valence-corrected chi connectivity index (χ4v) is 2.90. The third-order valence-electron chi connectivity index (χ3n) is 2.28. The van der Waals surface area contributed by atoms with Crippen molar-refractivity contribution in [3.63, 3.8) is 0 Å². The summed E-state index contributed by atoms with van der Waals surface area (Å²) in [4.78, 5) is 12.2. The molecule has 2 aromatic carbocycles. The van der Waals surface area contributed by atoms with Gasteiger partial charge < -0.3 is 0 Å². The van der Waals surface area contributed by atoms with Gasteiger partial charge >= 0.3 is 0 Å². The van der Waals surface area contributed by atoms with Crippen molar-refractivity contribution in [2.75, 3.05) is 0 Å². The first kappa shape index (κ1) is 13.1. The lowest BCUT2D eigenvalue weighted by Gasteiger charge is -2.05. The highest BCUT2D eigenvalue weighted by Gasteiger charge is 2.09. The molecule has 0 amide bonds. The molecule has 0 aliphatic heterocycles. The van der Waals surface area contributed by atoms with Crippen molar-refractivity contribution in [2.24, 2.45) is 0 Å². The van der Waals surface area contributed by atoms with Gasteiger partial charge in [-0.1, -0.05) is 33.8 Å². The van der Waals surface area contributed by atoms with Crippen LogP contribution in [-0.2, 0) is 0 Å². The molecule has 0 bridgehead atoms. The molecule has 0 saturated heterocycles. The maximum absolute atomic E-state index is 10.6. The Morgan fingerprint density at radius 1 is 1.22 bits per heavy atom. The lowest BCUT2D eigenvalue weighted by atomic mass is 10.2. The predicted octanol–water partition coefficient (Wildman–Crippen LogP) is 4.69. The van der Waals surface area contributed by atoms with Gasteiger partial charge in [0.05, 0.1) is 4.92 Å². The van der Waals surface area contributed by atoms with Crippen molar-refractivity contribution < 1.29 is 4.92 Å². The third kappa shape index (κ3) is 3.11. The molecule has 0 saturated carbocycles. The lowest BCUT2D eigenvalue weighted by molar-refractivity contribution is -0.384. The third-order valence-corrected chi connectivity index (χ3v) is 3.88. The molecule has 0 fully saturated rings. The molecule has 0 spiro atoms. The van der Waals surface area contributed by atoms with Crippen LogP contribution in [0.4, 0.5) is 5.69 Å². The van der Waals surface area contributed by atoms with Crippen LogP contribution >= 0.6 is 27.7 Å². The van der Waals surface area contributed by atoms with E-state index in [0.717, 1.165) is 14.3 Å². The Labute approximate surface area is 117 Å². The van der Waals surface area contributed by atoms with Crippen LogP contribution in [0.25, 0.3) is 0 Å². The Bertz CT molecular complexity index is 601. The van der Waals surface area contributed by atoms with E-state index in [9.17, 15) is 10.1 Å². The number of hydrogen-bond acceptors (Lipinski definition) is 3. The molecule has 0 N–H and O–H groups in total. The van der Waals surface area contributed by atoms with Crippen molar-refractivity contribution >= 4 is 33.4 Å². The summed E-state index contributed by atoms with van der Waals surface area (Å²) in [6.07, 6.45) is 0. The lowest BCUT2D eigenvalue weighted by Crippen LogP contribution is -1.89. The first-order chi connectivity index (χ1) is 8.56. The Morgan fingerprint density at radius 2 is 2.00 bits per heavy atom. The molecular weight excluding hydrogens is 314 g/mol. The normalized spacial score (nSPS) is 10.3. The van der Waals surface area contributed by atoms with E-state index in [2.05, 4.69) is 22.9 Å². The zero-order valence-electron chi connectivity index (χ0n) is 9.30. The number of halogens is 1. The van der Waals surface area contributed by atoms with Gasteiger partial charge in [0, 0.05) is 26.4 Å². The van der Waals surface area contributed by atoms with Gasteiger partial charge in [-0.2, -0.15) is 0 Å². The van der Waals surface area contributed by atoms with Crippen molar-refractivity contribution in [3.8, 4) is 0 Å². The SMILES string of the molecule is [CH2]c1cc([N+](=O)[O-])ccc1Sc1cccc(Br)c1. The Kier molecular flexibility index (Phi) is 4.04. The number of rotatable bonds is 3. The zero-order valence-corrected chi connectivity index (χ0v) is 11.7. The highest BCUT2D eigenvalue weighted by Crippen LogP contribution is 2.33. The zero-order chi connectivity index (χ0) is 13.1. The van der Waals surface area contributed by atoms with Crippen LogP contribution in [0.1, 0.15) is 5.56 Å². The quantitative estimate of drug-likeness (QED) is 0.608. The van der Waals surface area contributed by atoms with Gasteiger partial charge in [-0.15, -0.1) is 0 Å². The van der Waals surface area contributed by atoms with E-state index in [4.69, 9.17) is 0 Å². The molecule has 2 aromatic rings. The van der Waals surface area contributed by atoms with Gasteiger partial charge in [-0.3, -0.25) is 10.1 Å². The molecule has 0 atom stereocenters. The number of nitrogens with zero attached hydrogens (tertiary/aromatic N) is 1. The van der Waals surface area contributed by atoms with E-state index in [1.54, 1.807) is 6.07 Å². The molecule has 5 heteroatoms. The first-order valence-corrected chi connectivity index (χ1v) is 6.71. The van der Waals surface area contributed by atoms with Gasteiger partial charge in [-0.05, 0) is 36.8 Å². The second-order valence-corrected chi connectivity index (χ2v) is 5.64. The standard InChI is InChI=1S/C13H9BrNO2S/c1-9-7-11(15(16)17)5-6-13(9)18-12-4-2-3-10(14)8-12/h2-8H,1H2. The minimum atomic E-state index is -0.414. The molecule has 2 rings (SSSR count). The maximum atomic E-state index is 10.6. The molecule has 0 aliphatic rings. The van der Waals surface area contributed by atoms with E-state index in [-0.39, 0.29) is 5.69 Å². The summed E-state index contributed by atoms with van der Waals surface area (Å²) in [5.41, 5.74) is 0.729. The molecule has 0 aromatic heterocycles. The maximum Gasteiger partial charge on any atom is 0.269 e. The smallest absolute Gasteiger partial charge is 0.258 e. The molecule has 91 valence electrons. The predicted molar refractivity (Wildman–Crippen MR) is 75.8 cm³/mol. The fraction of sp³-hybridized carbons (Fsp3) is 0. The van der Waals surface area contributed by atoms with E-state index >= 15 is 0 Å². The molecule has 1 radical (unpaired) electrons. The molecule has 18 heavy (non-hydrogen) atoms. The molecule has 0 unspecified atom stereocenters. The van der Waals surface area contributed by atoms with Crippen LogP contribution in [0.2, 0.25) is 0 Å². The molecule has 0 aliphatic carbocycles. The number of nitro groups is 1. The minimum Gasteiger partial charge on any atom is -0.258 e. The summed E-state index contributed by atoms with van der Waals surface area (Å²) in [6, 6.07) is 12.6. The number of benzene rings is 2. The van der Waals surface area contributed by atoms with Crippen LogP contribution in [0.3, 0.4) is 0 Å². The summed E-state index contributed by atoms with van der Waals surface area (Å²) in [5.74, 6) is 0. The fourth-order valence-electron chi connectivity index (χ4n) is 1.44. The molecule has 0 heterocycles. The Morgan fingerprint density at radius 3 is 2.61 bits per heavy atom. The second kappa shape index (κ2) is 5.54. The van der Waals surface area contributed by atoms with E-state index in [1.807, 2.05) is 24.3 Å². The number of hydrogen-bond donors (Lipinski definition) is 0. The first-order valence-electron chi connectivity index (χ1n) is 5.10. The topological polar surface area (TPSA) is 43.1 Å². The van der Waals surface area contributed by atoms with E-state index in [1.165, 1.54) is 23.9 Å². The minimum absolute atomic E-state index is 0.0681. The highest BCUT2D eigenvalue weighted by atomic mass is 79.9. The van der Waals surface area contributed by atoms with E-state index < -0.39 is 4.92 Å². The van der Waals surface area contributed by atoms with Crippen LogP contribution in [-0.4, -0.2) is 4.92 Å². The van der Waals surface area contributed by atoms with Crippen LogP contribution in [0.15, 0.2) is 56.7 Å². The van der Waals surface area contributed by atoms with Crippen LogP contribution in [0.5, 0.6) is 0 Å². The van der Waals surface area contributed by atoms with Crippen molar-refractivity contribution in [1.82, 2.24) is 0 Å². The molecule has 3 nitrogen and oxygen atoms in total. The van der Waals surface area contributed by atoms with Crippen molar-refractivity contribution in [3.05, 3.63) is 69.5 Å². The summed E-state index contributed by atoms with van der Waals surface area (Å²) < 4.78 is 1.00. The summed E-state index contributed by atoms with van der Waals surface area (Å²) in [6.45, 7) is 3.85. The molecular formula is C13H9BrNO2S. The largest absolute Gasteiger partial charge is 0.269 e. The summed E-state index contributed by atoms with van der Waals surface area (Å²) in [7, 11) is 0. The highest BCUT2D eigenvalue weighted by molar-refractivity contribution is 9.10. The average Bonchev–Trinajstić information content (AvgIpc) is 2.31. The number of non-ortho nitro benzene ring substituents is 1. The van der Waals surface area contributed by atoms with Crippen molar-refractivity contribution in [2.45, 2.75) is 9.79 Å². The van der Waals surface area contributed by atoms with Gasteiger partial charge in [0.25, 0.3) is 5.69 Å². The Balaban J connectivity index is 2.27. The van der Waals surface area contributed by atoms with Gasteiger partial charge in [-0.25, -0.2) is 0 Å². The van der Waals surface area contributed by atoms with Gasteiger partial charge in [0.2, 0.25) is 0 Å². The summed E-state index contributed by atoms with van der Waals surface area (Å²) in [5, 5.41) is 10.6. The van der Waals surface area contributed by atoms with Crippen molar-refractivity contribution in [1.29, 1.82) is 0 Å². The second-order valence-electron chi connectivity index (χ2n) is 3.61. The summed E-state index contributed by atoms with van der Waals surface area (Å²) >= 11 is 4.94. The van der Waals surface area contributed by atoms with Crippen LogP contribution in [0, 0.1) is 17.0 Å². The van der Waals surface area contributed by atoms with Gasteiger partial charge in [0.1, 0.15) is 0 Å².